The van der Waals surface area contributed by atoms with Gasteiger partial charge in [-0.15, -0.1) is 0 Å². The zero-order valence-electron chi connectivity index (χ0n) is 11.3. The van der Waals surface area contributed by atoms with Crippen molar-refractivity contribution in [1.29, 1.82) is 5.26 Å². The molecule has 0 aliphatic heterocycles. The van der Waals surface area contributed by atoms with Crippen LogP contribution < -0.4 is 11.1 Å². The number of primary amides is 1. The van der Waals surface area contributed by atoms with Crippen LogP contribution in [-0.2, 0) is 0 Å². The molecule has 0 spiro atoms. The van der Waals surface area contributed by atoms with E-state index < -0.39 is 6.03 Å². The number of benzene rings is 2. The average molecular weight is 332 g/mol. The molecule has 2 rings (SSSR count). The van der Waals surface area contributed by atoms with Crippen molar-refractivity contribution in [2.45, 2.75) is 0 Å². The highest BCUT2D eigenvalue weighted by molar-refractivity contribution is 6.42. The van der Waals surface area contributed by atoms with Gasteiger partial charge in [0.25, 0.3) is 0 Å². The zero-order chi connectivity index (χ0) is 16.1. The number of hydrogen-bond acceptors (Lipinski definition) is 2. The second-order valence-electron chi connectivity index (χ2n) is 4.41. The number of hydrogen-bond donors (Lipinski definition) is 2. The smallest absolute Gasteiger partial charge is 0.316 e. The third-order valence-electron chi connectivity index (χ3n) is 2.84. The quantitative estimate of drug-likeness (QED) is 0.639. The first-order valence-corrected chi connectivity index (χ1v) is 6.99. The fourth-order valence-electron chi connectivity index (χ4n) is 1.82. The summed E-state index contributed by atoms with van der Waals surface area (Å²) in [7, 11) is 0. The van der Waals surface area contributed by atoms with E-state index in [1.54, 1.807) is 48.5 Å². The normalized spacial score (nSPS) is 10.9. The fraction of sp³-hybridized carbons (Fsp3) is 0. The van der Waals surface area contributed by atoms with Crippen LogP contribution in [0.25, 0.3) is 11.6 Å². The van der Waals surface area contributed by atoms with Gasteiger partial charge >= 0.3 is 6.03 Å². The third-order valence-corrected chi connectivity index (χ3v) is 3.58. The molecule has 6 heteroatoms. The summed E-state index contributed by atoms with van der Waals surface area (Å²) in [5, 5.41) is 12.7. The molecule has 2 aromatic rings. The van der Waals surface area contributed by atoms with Gasteiger partial charge in [0.05, 0.1) is 21.7 Å². The van der Waals surface area contributed by atoms with Gasteiger partial charge in [0.2, 0.25) is 0 Å². The molecule has 0 heterocycles. The molecule has 0 bridgehead atoms. The molecule has 2 aromatic carbocycles. The number of nitrogens with one attached hydrogen (secondary N) is 1. The number of nitriles is 1. The standard InChI is InChI=1S/C16H11Cl2N3O/c17-14-6-1-10(8-15(14)18)7-12(9-19)11-2-4-13(5-3-11)21-16(20)22/h1-8H,(H3,20,21,22). The van der Waals surface area contributed by atoms with Crippen LogP contribution >= 0.6 is 23.2 Å². The Bertz CT molecular complexity index is 777. The molecule has 0 atom stereocenters. The highest BCUT2D eigenvalue weighted by atomic mass is 35.5. The molecule has 0 aliphatic carbocycles. The van der Waals surface area contributed by atoms with Crippen LogP contribution in [-0.4, -0.2) is 6.03 Å². The van der Waals surface area contributed by atoms with E-state index in [4.69, 9.17) is 28.9 Å². The van der Waals surface area contributed by atoms with Gasteiger partial charge in [-0.2, -0.15) is 5.26 Å². The summed E-state index contributed by atoms with van der Waals surface area (Å²) in [6, 6.07) is 13.4. The van der Waals surface area contributed by atoms with E-state index in [9.17, 15) is 10.1 Å². The van der Waals surface area contributed by atoms with E-state index in [0.717, 1.165) is 5.56 Å². The molecule has 22 heavy (non-hydrogen) atoms. The van der Waals surface area contributed by atoms with Crippen molar-refractivity contribution in [2.24, 2.45) is 5.73 Å². The van der Waals surface area contributed by atoms with Crippen molar-refractivity contribution in [3.05, 3.63) is 63.6 Å². The van der Waals surface area contributed by atoms with Crippen molar-refractivity contribution in [3.63, 3.8) is 0 Å². The van der Waals surface area contributed by atoms with E-state index in [0.29, 0.717) is 26.9 Å². The summed E-state index contributed by atoms with van der Waals surface area (Å²) in [4.78, 5) is 10.8. The van der Waals surface area contributed by atoms with Crippen molar-refractivity contribution >= 4 is 46.6 Å². The molecule has 0 unspecified atom stereocenters. The lowest BCUT2D eigenvalue weighted by molar-refractivity contribution is 0.259. The second-order valence-corrected chi connectivity index (χ2v) is 5.22. The van der Waals surface area contributed by atoms with Gasteiger partial charge in [-0.1, -0.05) is 41.4 Å². The molecule has 0 radical (unpaired) electrons. The third kappa shape index (κ3) is 4.01. The maximum atomic E-state index is 10.8. The lowest BCUT2D eigenvalue weighted by atomic mass is 10.0. The maximum Gasteiger partial charge on any atom is 0.316 e. The van der Waals surface area contributed by atoms with E-state index in [2.05, 4.69) is 11.4 Å². The first kappa shape index (κ1) is 15.9. The lowest BCUT2D eigenvalue weighted by Crippen LogP contribution is -2.19. The lowest BCUT2D eigenvalue weighted by Gasteiger charge is -2.04. The number of halogens is 2. The summed E-state index contributed by atoms with van der Waals surface area (Å²) >= 11 is 11.8. The van der Waals surface area contributed by atoms with Crippen molar-refractivity contribution in [2.75, 3.05) is 5.32 Å². The molecule has 4 nitrogen and oxygen atoms in total. The van der Waals surface area contributed by atoms with Crippen LogP contribution in [0, 0.1) is 11.3 Å². The first-order chi connectivity index (χ1) is 10.5. The summed E-state index contributed by atoms with van der Waals surface area (Å²) in [5.74, 6) is 0. The van der Waals surface area contributed by atoms with Crippen LogP contribution in [0.3, 0.4) is 0 Å². The number of nitrogens with zero attached hydrogens (tertiary/aromatic N) is 1. The highest BCUT2D eigenvalue weighted by Gasteiger charge is 2.04. The number of nitrogens with two attached hydrogens (primary N) is 1. The molecule has 0 aliphatic rings. The second kappa shape index (κ2) is 6.99. The summed E-state index contributed by atoms with van der Waals surface area (Å²) in [6.07, 6.45) is 1.71. The average Bonchev–Trinajstić information content (AvgIpc) is 2.49. The van der Waals surface area contributed by atoms with Crippen LogP contribution in [0.1, 0.15) is 11.1 Å². The fourth-order valence-corrected chi connectivity index (χ4v) is 2.13. The Morgan fingerprint density at radius 2 is 1.82 bits per heavy atom. The minimum absolute atomic E-state index is 0.425. The molecule has 110 valence electrons. The van der Waals surface area contributed by atoms with E-state index in [-0.39, 0.29) is 0 Å². The number of urea groups is 1. The van der Waals surface area contributed by atoms with Gasteiger partial charge in [-0.05, 0) is 41.5 Å². The Morgan fingerprint density at radius 1 is 1.14 bits per heavy atom. The van der Waals surface area contributed by atoms with Crippen LogP contribution in [0.2, 0.25) is 10.0 Å². The van der Waals surface area contributed by atoms with Gasteiger partial charge in [0.15, 0.2) is 0 Å². The topological polar surface area (TPSA) is 78.9 Å². The first-order valence-electron chi connectivity index (χ1n) is 6.23. The van der Waals surface area contributed by atoms with Gasteiger partial charge < -0.3 is 11.1 Å². The van der Waals surface area contributed by atoms with Gasteiger partial charge in [0.1, 0.15) is 0 Å². The van der Waals surface area contributed by atoms with Crippen LogP contribution in [0.5, 0.6) is 0 Å². The van der Waals surface area contributed by atoms with Gasteiger partial charge in [0, 0.05) is 5.69 Å². The number of amides is 2. The molecule has 0 saturated heterocycles. The van der Waals surface area contributed by atoms with E-state index in [1.807, 2.05) is 0 Å². The van der Waals surface area contributed by atoms with E-state index in [1.165, 1.54) is 0 Å². The summed E-state index contributed by atoms with van der Waals surface area (Å²) < 4.78 is 0. The number of rotatable bonds is 3. The number of carbonyl (C=O) groups is 1. The molecular formula is C16H11Cl2N3O. The SMILES string of the molecule is N#CC(=Cc1ccc(Cl)c(Cl)c1)c1ccc(NC(N)=O)cc1. The van der Waals surface area contributed by atoms with Crippen molar-refractivity contribution in [1.82, 2.24) is 0 Å². The minimum atomic E-state index is -0.639. The minimum Gasteiger partial charge on any atom is -0.351 e. The van der Waals surface area contributed by atoms with Gasteiger partial charge in [-0.3, -0.25) is 0 Å². The van der Waals surface area contributed by atoms with Crippen molar-refractivity contribution in [3.8, 4) is 6.07 Å². The monoisotopic (exact) mass is 331 g/mol. The predicted molar refractivity (Wildman–Crippen MR) is 89.6 cm³/mol. The molecular weight excluding hydrogens is 321 g/mol. The predicted octanol–water partition coefficient (Wildman–Crippen LogP) is 4.55. The Labute approximate surface area is 137 Å². The number of allylic oxidation sites excluding steroid dienone is 1. The maximum absolute atomic E-state index is 10.8. The molecule has 0 saturated carbocycles. The largest absolute Gasteiger partial charge is 0.351 e. The Hall–Kier alpha value is -2.48. The van der Waals surface area contributed by atoms with Crippen molar-refractivity contribution < 1.29 is 4.79 Å². The molecule has 0 fully saturated rings. The van der Waals surface area contributed by atoms with E-state index >= 15 is 0 Å². The van der Waals surface area contributed by atoms with Crippen LogP contribution in [0.4, 0.5) is 10.5 Å². The molecule has 0 aromatic heterocycles. The van der Waals surface area contributed by atoms with Gasteiger partial charge in [-0.25, -0.2) is 4.79 Å². The molecule has 3 N–H and O–H groups in total. The number of anilines is 1. The Kier molecular flexibility index (Phi) is 5.05. The summed E-state index contributed by atoms with van der Waals surface area (Å²) in [5.41, 5.74) is 7.54. The Morgan fingerprint density at radius 3 is 2.36 bits per heavy atom. The zero-order valence-corrected chi connectivity index (χ0v) is 12.8. The Balaban J connectivity index is 2.31. The highest BCUT2D eigenvalue weighted by Crippen LogP contribution is 2.25. The molecule has 2 amide bonds. The summed E-state index contributed by atoms with van der Waals surface area (Å²) in [6.45, 7) is 0. The van der Waals surface area contributed by atoms with Crippen LogP contribution in [0.15, 0.2) is 42.5 Å². The number of carbonyl (C=O) groups excluding carboxylic acids is 1.